The molecule has 1 heterocycles. The van der Waals surface area contributed by atoms with E-state index in [1.165, 1.54) is 6.07 Å². The van der Waals surface area contributed by atoms with Gasteiger partial charge in [0.1, 0.15) is 5.88 Å². The van der Waals surface area contributed by atoms with Crippen LogP contribution in [0.2, 0.25) is 0 Å². The van der Waals surface area contributed by atoms with Crippen LogP contribution in [0.5, 0.6) is 0 Å². The van der Waals surface area contributed by atoms with Gasteiger partial charge in [-0.05, 0) is 12.1 Å². The smallest absolute Gasteiger partial charge is 0.320 e. The normalized spacial score (nSPS) is 10.4. The van der Waals surface area contributed by atoms with Crippen molar-refractivity contribution < 1.29 is 13.2 Å². The van der Waals surface area contributed by atoms with Crippen molar-refractivity contribution in [1.29, 1.82) is 0 Å². The number of nitrogens with zero attached hydrogens (tertiary/aromatic N) is 2. The van der Waals surface area contributed by atoms with Crippen molar-refractivity contribution in [2.24, 2.45) is 0 Å². The number of alkyl halides is 1. The Labute approximate surface area is 94.2 Å². The Hall–Kier alpha value is -1.69. The summed E-state index contributed by atoms with van der Waals surface area (Å²) in [7, 11) is 0. The van der Waals surface area contributed by atoms with Gasteiger partial charge in [-0.3, -0.25) is 0 Å². The van der Waals surface area contributed by atoms with Crippen LogP contribution >= 0.6 is 11.6 Å². The van der Waals surface area contributed by atoms with E-state index < -0.39 is 11.6 Å². The van der Waals surface area contributed by atoms with Crippen LogP contribution in [-0.2, 0) is 5.88 Å². The molecule has 2 aromatic rings. The molecule has 4 nitrogen and oxygen atoms in total. The van der Waals surface area contributed by atoms with Gasteiger partial charge in [0.05, 0.1) is 0 Å². The molecular formula is C9H6ClF2N3O. The van der Waals surface area contributed by atoms with E-state index in [1.54, 1.807) is 0 Å². The molecule has 0 atom stereocenters. The van der Waals surface area contributed by atoms with Crippen LogP contribution in [0.3, 0.4) is 0 Å². The zero-order valence-electron chi connectivity index (χ0n) is 7.88. The summed E-state index contributed by atoms with van der Waals surface area (Å²) in [6, 6.07) is 3.40. The summed E-state index contributed by atoms with van der Waals surface area (Å²) in [5.74, 6) is -1.54. The maximum absolute atomic E-state index is 12.9. The molecule has 0 fully saturated rings. The molecule has 1 aromatic carbocycles. The second kappa shape index (κ2) is 4.44. The van der Waals surface area contributed by atoms with E-state index in [-0.39, 0.29) is 17.8 Å². The van der Waals surface area contributed by atoms with Crippen LogP contribution in [0.15, 0.2) is 22.6 Å². The number of rotatable bonds is 3. The van der Waals surface area contributed by atoms with Crippen molar-refractivity contribution in [2.75, 3.05) is 5.32 Å². The molecule has 0 saturated heterocycles. The summed E-state index contributed by atoms with van der Waals surface area (Å²) in [6.45, 7) is 0. The highest BCUT2D eigenvalue weighted by Gasteiger charge is 2.07. The van der Waals surface area contributed by atoms with Crippen molar-refractivity contribution in [1.82, 2.24) is 10.2 Å². The van der Waals surface area contributed by atoms with Gasteiger partial charge in [0, 0.05) is 11.8 Å². The quantitative estimate of drug-likeness (QED) is 0.845. The number of halogens is 3. The van der Waals surface area contributed by atoms with Gasteiger partial charge in [-0.1, -0.05) is 5.10 Å². The minimum absolute atomic E-state index is 0.0710. The molecule has 0 unspecified atom stereocenters. The van der Waals surface area contributed by atoms with E-state index in [1.807, 2.05) is 0 Å². The summed E-state index contributed by atoms with van der Waals surface area (Å²) in [4.78, 5) is 0. The molecule has 2 rings (SSSR count). The fraction of sp³-hybridized carbons (Fsp3) is 0.111. The van der Waals surface area contributed by atoms with Gasteiger partial charge < -0.3 is 9.73 Å². The van der Waals surface area contributed by atoms with Crippen LogP contribution in [0.4, 0.5) is 20.5 Å². The Balaban J connectivity index is 2.17. The zero-order valence-corrected chi connectivity index (χ0v) is 8.63. The zero-order chi connectivity index (χ0) is 11.5. The van der Waals surface area contributed by atoms with E-state index in [0.717, 1.165) is 12.1 Å². The van der Waals surface area contributed by atoms with Gasteiger partial charge in [-0.25, -0.2) is 8.78 Å². The van der Waals surface area contributed by atoms with Crippen LogP contribution < -0.4 is 5.32 Å². The maximum atomic E-state index is 12.9. The molecule has 0 spiro atoms. The lowest BCUT2D eigenvalue weighted by Crippen LogP contribution is -1.92. The number of nitrogens with one attached hydrogen (secondary N) is 1. The Morgan fingerprint density at radius 1 is 1.25 bits per heavy atom. The van der Waals surface area contributed by atoms with E-state index >= 15 is 0 Å². The topological polar surface area (TPSA) is 51.0 Å². The molecule has 1 N–H and O–H groups in total. The van der Waals surface area contributed by atoms with E-state index in [2.05, 4.69) is 15.5 Å². The highest BCUT2D eigenvalue weighted by atomic mass is 35.5. The highest BCUT2D eigenvalue weighted by Crippen LogP contribution is 2.18. The van der Waals surface area contributed by atoms with Crippen LogP contribution in [0.25, 0.3) is 0 Å². The van der Waals surface area contributed by atoms with Gasteiger partial charge in [0.25, 0.3) is 0 Å². The Morgan fingerprint density at radius 3 is 2.69 bits per heavy atom. The van der Waals surface area contributed by atoms with Gasteiger partial charge in [0.15, 0.2) is 11.6 Å². The number of anilines is 2. The summed E-state index contributed by atoms with van der Waals surface area (Å²) in [5.41, 5.74) is 0.309. The Kier molecular flexibility index (Phi) is 3.00. The van der Waals surface area contributed by atoms with Crippen LogP contribution in [0, 0.1) is 11.6 Å². The molecule has 16 heavy (non-hydrogen) atoms. The lowest BCUT2D eigenvalue weighted by atomic mass is 10.3. The van der Waals surface area contributed by atoms with Gasteiger partial charge in [-0.2, -0.15) is 0 Å². The number of hydrogen-bond donors (Lipinski definition) is 1. The summed E-state index contributed by atoms with van der Waals surface area (Å²) in [6.07, 6.45) is 0. The van der Waals surface area contributed by atoms with Crippen LogP contribution in [0.1, 0.15) is 5.89 Å². The Bertz CT molecular complexity index is 503. The first-order valence-electron chi connectivity index (χ1n) is 4.29. The molecule has 84 valence electrons. The highest BCUT2D eigenvalue weighted by molar-refractivity contribution is 6.16. The average molecular weight is 246 g/mol. The second-order valence-electron chi connectivity index (χ2n) is 2.89. The van der Waals surface area contributed by atoms with Gasteiger partial charge in [-0.15, -0.1) is 16.7 Å². The van der Waals surface area contributed by atoms with Gasteiger partial charge in [0.2, 0.25) is 5.89 Å². The summed E-state index contributed by atoms with van der Waals surface area (Å²) < 4.78 is 30.5. The molecule has 1 aromatic heterocycles. The molecule has 7 heteroatoms. The summed E-state index contributed by atoms with van der Waals surface area (Å²) in [5, 5.41) is 9.82. The predicted molar refractivity (Wildman–Crippen MR) is 53.5 cm³/mol. The molecule has 0 radical (unpaired) electrons. The van der Waals surface area contributed by atoms with Crippen molar-refractivity contribution in [3.8, 4) is 0 Å². The van der Waals surface area contributed by atoms with Crippen molar-refractivity contribution >= 4 is 23.3 Å². The minimum Gasteiger partial charge on any atom is -0.407 e. The predicted octanol–water partition coefficient (Wildman–Crippen LogP) is 2.83. The fourth-order valence-electron chi connectivity index (χ4n) is 1.06. The molecular weight excluding hydrogens is 240 g/mol. The van der Waals surface area contributed by atoms with Crippen molar-refractivity contribution in [3.63, 3.8) is 0 Å². The molecule has 0 aliphatic carbocycles. The lowest BCUT2D eigenvalue weighted by molar-refractivity contribution is 0.508. The fourth-order valence-corrected chi connectivity index (χ4v) is 1.16. The Morgan fingerprint density at radius 2 is 2.06 bits per heavy atom. The average Bonchev–Trinajstić information content (AvgIpc) is 2.71. The van der Waals surface area contributed by atoms with E-state index in [9.17, 15) is 8.78 Å². The van der Waals surface area contributed by atoms with E-state index in [4.69, 9.17) is 16.0 Å². The molecule has 0 amide bonds. The molecule has 0 aliphatic heterocycles. The number of hydrogen-bond acceptors (Lipinski definition) is 4. The molecule has 0 aliphatic rings. The van der Waals surface area contributed by atoms with Gasteiger partial charge >= 0.3 is 6.01 Å². The third kappa shape index (κ3) is 2.27. The monoisotopic (exact) mass is 245 g/mol. The summed E-state index contributed by atoms with van der Waals surface area (Å²) >= 11 is 5.46. The third-order valence-electron chi connectivity index (χ3n) is 1.75. The van der Waals surface area contributed by atoms with Crippen LogP contribution in [-0.4, -0.2) is 10.2 Å². The molecule has 0 saturated carbocycles. The number of benzene rings is 1. The maximum Gasteiger partial charge on any atom is 0.320 e. The van der Waals surface area contributed by atoms with Crippen molar-refractivity contribution in [3.05, 3.63) is 35.7 Å². The molecule has 0 bridgehead atoms. The SMILES string of the molecule is Fc1ccc(Nc2nnc(CCl)o2)cc1F. The third-order valence-corrected chi connectivity index (χ3v) is 1.98. The van der Waals surface area contributed by atoms with Crippen molar-refractivity contribution in [2.45, 2.75) is 5.88 Å². The first kappa shape index (κ1) is 10.8. The largest absolute Gasteiger partial charge is 0.407 e. The number of aromatic nitrogens is 2. The first-order chi connectivity index (χ1) is 7.69. The lowest BCUT2D eigenvalue weighted by Gasteiger charge is -2.00. The standard InChI is InChI=1S/C9H6ClF2N3O/c10-4-8-14-15-9(16-8)13-5-1-2-6(11)7(12)3-5/h1-3H,4H2,(H,13,15). The first-order valence-corrected chi connectivity index (χ1v) is 4.83. The van der Waals surface area contributed by atoms with E-state index in [0.29, 0.717) is 5.69 Å². The second-order valence-corrected chi connectivity index (χ2v) is 3.16. The minimum atomic E-state index is -0.956.